The van der Waals surface area contributed by atoms with Crippen molar-refractivity contribution >= 4 is 16.7 Å². The van der Waals surface area contributed by atoms with Crippen LogP contribution in [0.2, 0.25) is 0 Å². The van der Waals surface area contributed by atoms with E-state index < -0.39 is 5.60 Å². The molecular weight excluding hydrogens is 378 g/mol. The summed E-state index contributed by atoms with van der Waals surface area (Å²) in [6.45, 7) is 7.78. The lowest BCUT2D eigenvalue weighted by Gasteiger charge is -2.39. The number of fused-ring (bicyclic) bond motifs is 1. The fourth-order valence-electron chi connectivity index (χ4n) is 4.48. The number of hydrogen-bond donors (Lipinski definition) is 1. The van der Waals surface area contributed by atoms with Crippen molar-refractivity contribution in [2.75, 3.05) is 24.6 Å². The Hall–Kier alpha value is -2.51. The molecule has 158 valence electrons. The number of hydrogen-bond acceptors (Lipinski definition) is 6. The molecule has 7 heteroatoms. The highest BCUT2D eigenvalue weighted by molar-refractivity contribution is 5.81. The third-order valence-electron chi connectivity index (χ3n) is 6.76. The Bertz CT molecular complexity index is 1070. The lowest BCUT2D eigenvalue weighted by Crippen LogP contribution is -2.52. The van der Waals surface area contributed by atoms with E-state index in [1.165, 1.54) is 24.8 Å². The second kappa shape index (κ2) is 7.03. The van der Waals surface area contributed by atoms with Crippen molar-refractivity contribution < 1.29 is 9.84 Å². The van der Waals surface area contributed by atoms with E-state index in [4.69, 9.17) is 4.74 Å². The van der Waals surface area contributed by atoms with Gasteiger partial charge in [0.25, 0.3) is 0 Å². The van der Waals surface area contributed by atoms with E-state index in [0.29, 0.717) is 13.2 Å². The van der Waals surface area contributed by atoms with E-state index in [-0.39, 0.29) is 11.5 Å². The molecule has 1 N–H and O–H groups in total. The number of benzene rings is 1. The first-order valence-corrected chi connectivity index (χ1v) is 10.7. The summed E-state index contributed by atoms with van der Waals surface area (Å²) >= 11 is 0. The van der Waals surface area contributed by atoms with Gasteiger partial charge in [0.05, 0.1) is 23.9 Å². The summed E-state index contributed by atoms with van der Waals surface area (Å²) in [6, 6.07) is 8.64. The van der Waals surface area contributed by atoms with Crippen LogP contribution in [0.1, 0.15) is 45.6 Å². The summed E-state index contributed by atoms with van der Waals surface area (Å²) in [5.41, 5.74) is 1.82. The van der Waals surface area contributed by atoms with Gasteiger partial charge in [-0.2, -0.15) is 5.10 Å². The molecule has 0 radical (unpaired) electrons. The lowest BCUT2D eigenvalue weighted by atomic mass is 9.66. The van der Waals surface area contributed by atoms with Crippen LogP contribution in [0.3, 0.4) is 0 Å². The predicted molar refractivity (Wildman–Crippen MR) is 116 cm³/mol. The highest BCUT2D eigenvalue weighted by atomic mass is 16.5. The van der Waals surface area contributed by atoms with Gasteiger partial charge in [-0.25, -0.2) is 14.6 Å². The number of aliphatic hydroxyl groups is 1. The number of anilines is 1. The molecule has 1 aliphatic heterocycles. The summed E-state index contributed by atoms with van der Waals surface area (Å²) in [5, 5.41) is 16.1. The maximum Gasteiger partial charge on any atom is 0.159 e. The number of ether oxygens (including phenoxy) is 1. The molecule has 5 rings (SSSR count). The van der Waals surface area contributed by atoms with Gasteiger partial charge < -0.3 is 14.7 Å². The van der Waals surface area contributed by atoms with Crippen molar-refractivity contribution in [3.05, 3.63) is 42.4 Å². The number of rotatable bonds is 4. The molecule has 1 atom stereocenters. The molecule has 0 spiro atoms. The van der Waals surface area contributed by atoms with Gasteiger partial charge in [0, 0.05) is 24.5 Å². The van der Waals surface area contributed by atoms with Crippen LogP contribution < -0.4 is 4.90 Å². The van der Waals surface area contributed by atoms with E-state index in [1.54, 1.807) is 20.2 Å². The smallest absolute Gasteiger partial charge is 0.159 e. The van der Waals surface area contributed by atoms with Crippen LogP contribution in [0.25, 0.3) is 16.7 Å². The minimum atomic E-state index is -0.902. The summed E-state index contributed by atoms with van der Waals surface area (Å²) < 4.78 is 7.67. The normalized spacial score (nSPS) is 21.6. The third kappa shape index (κ3) is 3.36. The molecule has 3 heterocycles. The molecule has 1 saturated carbocycles. The molecule has 0 bridgehead atoms. The average Bonchev–Trinajstić information content (AvgIpc) is 3.15. The highest BCUT2D eigenvalue weighted by Gasteiger charge is 2.34. The van der Waals surface area contributed by atoms with Crippen molar-refractivity contribution in [3.63, 3.8) is 0 Å². The maximum absolute atomic E-state index is 10.3. The summed E-state index contributed by atoms with van der Waals surface area (Å²) in [7, 11) is 0. The van der Waals surface area contributed by atoms with Crippen LogP contribution in [0.4, 0.5) is 5.82 Å². The first kappa shape index (κ1) is 19.5. The van der Waals surface area contributed by atoms with Crippen LogP contribution in [0.5, 0.6) is 0 Å². The molecule has 2 aliphatic rings. The molecule has 2 aromatic heterocycles. The zero-order valence-corrected chi connectivity index (χ0v) is 17.9. The molecule has 0 amide bonds. The average molecular weight is 408 g/mol. The van der Waals surface area contributed by atoms with Crippen molar-refractivity contribution in [1.29, 1.82) is 0 Å². The largest absolute Gasteiger partial charge is 0.388 e. The predicted octanol–water partition coefficient (Wildman–Crippen LogP) is 3.23. The fraction of sp³-hybridized carbons (Fsp3) is 0.522. The van der Waals surface area contributed by atoms with Crippen LogP contribution >= 0.6 is 0 Å². The first-order chi connectivity index (χ1) is 14.3. The third-order valence-corrected chi connectivity index (χ3v) is 6.76. The van der Waals surface area contributed by atoms with Gasteiger partial charge in [0.1, 0.15) is 18.2 Å². The van der Waals surface area contributed by atoms with Crippen molar-refractivity contribution in [2.24, 2.45) is 0 Å². The van der Waals surface area contributed by atoms with E-state index >= 15 is 0 Å². The number of nitrogens with zero attached hydrogens (tertiary/aromatic N) is 5. The Morgan fingerprint density at radius 1 is 1.17 bits per heavy atom. The molecule has 1 aromatic carbocycles. The molecular formula is C23H29N5O2. The Labute approximate surface area is 176 Å². The van der Waals surface area contributed by atoms with Gasteiger partial charge in [0.2, 0.25) is 0 Å². The minimum absolute atomic E-state index is 0.263. The van der Waals surface area contributed by atoms with Gasteiger partial charge in [-0.3, -0.25) is 0 Å². The topological polar surface area (TPSA) is 76.3 Å². The minimum Gasteiger partial charge on any atom is -0.388 e. The molecule has 2 fully saturated rings. The van der Waals surface area contributed by atoms with Crippen molar-refractivity contribution in [2.45, 2.75) is 57.2 Å². The van der Waals surface area contributed by atoms with Gasteiger partial charge in [-0.1, -0.05) is 25.5 Å². The second-order valence-corrected chi connectivity index (χ2v) is 9.44. The van der Waals surface area contributed by atoms with E-state index in [9.17, 15) is 5.11 Å². The Balaban J connectivity index is 1.48. The fourth-order valence-corrected chi connectivity index (χ4v) is 4.48. The summed E-state index contributed by atoms with van der Waals surface area (Å²) in [4.78, 5) is 11.1. The van der Waals surface area contributed by atoms with Crippen LogP contribution in [-0.2, 0) is 10.2 Å². The van der Waals surface area contributed by atoms with Crippen LogP contribution in [0.15, 0.2) is 36.8 Å². The monoisotopic (exact) mass is 407 g/mol. The van der Waals surface area contributed by atoms with Gasteiger partial charge in [-0.05, 0) is 43.7 Å². The van der Waals surface area contributed by atoms with E-state index in [2.05, 4.69) is 45.1 Å². The van der Waals surface area contributed by atoms with E-state index in [0.717, 1.165) is 29.1 Å². The highest BCUT2D eigenvalue weighted by Crippen LogP contribution is 2.43. The van der Waals surface area contributed by atoms with Crippen molar-refractivity contribution in [3.8, 4) is 5.82 Å². The quantitative estimate of drug-likeness (QED) is 0.716. The molecule has 3 aromatic rings. The molecule has 7 nitrogen and oxygen atoms in total. The molecule has 1 saturated heterocycles. The first-order valence-electron chi connectivity index (χ1n) is 10.7. The molecule has 0 unspecified atom stereocenters. The standard InChI is InChI=1S/C23H29N5O2/c1-22(2,29)19-14-27(9-10-30-19)20-12-21(25-15-24-20)28-18-11-17(23(3)7-4-8-23)6-5-16(18)13-26-28/h5-6,11-13,15,19,29H,4,7-10,14H2,1-3H3/t19-/m0/s1. The summed E-state index contributed by atoms with van der Waals surface area (Å²) in [6.07, 6.45) is 7.00. The van der Waals surface area contributed by atoms with Gasteiger partial charge in [0.15, 0.2) is 5.82 Å². The lowest BCUT2D eigenvalue weighted by molar-refractivity contribution is -0.0929. The van der Waals surface area contributed by atoms with Crippen LogP contribution in [0, 0.1) is 0 Å². The SMILES string of the molecule is CC1(c2ccc3cnn(-c4cc(N5CCO[C@H](C(C)(C)O)C5)ncn4)c3c2)CCC1. The zero-order chi connectivity index (χ0) is 20.9. The zero-order valence-electron chi connectivity index (χ0n) is 17.9. The Morgan fingerprint density at radius 3 is 2.70 bits per heavy atom. The van der Waals surface area contributed by atoms with Crippen molar-refractivity contribution in [1.82, 2.24) is 19.7 Å². The van der Waals surface area contributed by atoms with Crippen LogP contribution in [-0.4, -0.2) is 56.3 Å². The van der Waals surface area contributed by atoms with Gasteiger partial charge in [-0.15, -0.1) is 0 Å². The molecule has 1 aliphatic carbocycles. The molecule has 30 heavy (non-hydrogen) atoms. The summed E-state index contributed by atoms with van der Waals surface area (Å²) in [5.74, 6) is 1.57. The second-order valence-electron chi connectivity index (χ2n) is 9.44. The van der Waals surface area contributed by atoms with E-state index in [1.807, 2.05) is 16.9 Å². The number of morpholine rings is 1. The maximum atomic E-state index is 10.3. The number of aromatic nitrogens is 4. The van der Waals surface area contributed by atoms with Gasteiger partial charge >= 0.3 is 0 Å². The Morgan fingerprint density at radius 2 is 1.97 bits per heavy atom. The Kier molecular flexibility index (Phi) is 4.56.